The summed E-state index contributed by atoms with van der Waals surface area (Å²) in [5, 5.41) is 0. The first kappa shape index (κ1) is 11.2. The Hall–Kier alpha value is 0.374. The van der Waals surface area contributed by atoms with Crippen LogP contribution < -0.4 is 0 Å². The van der Waals surface area contributed by atoms with Gasteiger partial charge in [0, 0.05) is 0 Å². The molecule has 0 aliphatic heterocycles. The molecule has 0 nitrogen and oxygen atoms in total. The van der Waals surface area contributed by atoms with Crippen LogP contribution in [0.4, 0.5) is 0 Å². The molecule has 0 bridgehead atoms. The van der Waals surface area contributed by atoms with Crippen LogP contribution in [0.3, 0.4) is 0 Å². The summed E-state index contributed by atoms with van der Waals surface area (Å²) in [6.07, 6.45) is 0. The molecule has 0 unspecified atom stereocenters. The summed E-state index contributed by atoms with van der Waals surface area (Å²) in [5.41, 5.74) is 3.17. The zero-order valence-corrected chi connectivity index (χ0v) is 6.50. The van der Waals surface area contributed by atoms with E-state index in [1.54, 1.807) is 0 Å². The van der Waals surface area contributed by atoms with Crippen LogP contribution in [0.2, 0.25) is 19.6 Å². The van der Waals surface area contributed by atoms with Gasteiger partial charge in [-0.25, -0.2) is 0 Å². The van der Waals surface area contributed by atoms with Crippen LogP contribution in [0.25, 0.3) is 0 Å². The second-order valence-electron chi connectivity index (χ2n) is 2.62. The van der Waals surface area contributed by atoms with Crippen molar-refractivity contribution in [2.45, 2.75) is 26.6 Å². The number of hydrogen-bond donors (Lipinski definition) is 0. The molecule has 0 N–H and O–H groups in total. The van der Waals surface area contributed by atoms with E-state index in [4.69, 9.17) is 0 Å². The van der Waals surface area contributed by atoms with Gasteiger partial charge in [0.25, 0.3) is 0 Å². The fourth-order valence-electron chi connectivity index (χ4n) is 0.375. The molecule has 0 aromatic rings. The van der Waals surface area contributed by atoms with Gasteiger partial charge in [-0.15, -0.1) is 11.5 Å². The molecule has 0 heterocycles. The van der Waals surface area contributed by atoms with Crippen molar-refractivity contribution in [1.29, 1.82) is 0 Å². The van der Waals surface area contributed by atoms with Gasteiger partial charge in [-0.3, -0.25) is 0 Å². The molecule has 8 heavy (non-hydrogen) atoms. The van der Waals surface area contributed by atoms with Crippen LogP contribution >= 0.6 is 0 Å². The Bertz CT molecular complexity index is 102. The van der Waals surface area contributed by atoms with Crippen molar-refractivity contribution in [3.63, 3.8) is 0 Å². The normalized spacial score (nSPS) is 8.50. The molecule has 0 aromatic carbocycles. The van der Waals surface area contributed by atoms with Crippen molar-refractivity contribution in [1.82, 2.24) is 0 Å². The summed E-state index contributed by atoms with van der Waals surface area (Å²) in [5.74, 6) is 2.92. The first-order valence-corrected chi connectivity index (χ1v) is 6.00. The number of hydrogen-bond acceptors (Lipinski definition) is 0. The van der Waals surface area contributed by atoms with Crippen LogP contribution in [0.15, 0.2) is 0 Å². The molecule has 0 atom stereocenters. The van der Waals surface area contributed by atoms with E-state index >= 15 is 0 Å². The second-order valence-corrected chi connectivity index (χ2v) is 7.38. The van der Waals surface area contributed by atoms with E-state index < -0.39 is 8.07 Å². The summed E-state index contributed by atoms with van der Waals surface area (Å²) in [4.78, 5) is 0. The van der Waals surface area contributed by atoms with Crippen molar-refractivity contribution in [3.05, 3.63) is 0 Å². The molecule has 42 valence electrons. The SMILES string of the molecule is CC#C[Si](C)(C)C.[LiH]. The van der Waals surface area contributed by atoms with Gasteiger partial charge in [0.1, 0.15) is 8.07 Å². The van der Waals surface area contributed by atoms with E-state index in [1.165, 1.54) is 0 Å². The van der Waals surface area contributed by atoms with Gasteiger partial charge >= 0.3 is 18.9 Å². The van der Waals surface area contributed by atoms with Crippen molar-refractivity contribution in [2.75, 3.05) is 0 Å². The van der Waals surface area contributed by atoms with Gasteiger partial charge < -0.3 is 0 Å². The Morgan fingerprint density at radius 1 is 1.12 bits per heavy atom. The van der Waals surface area contributed by atoms with Gasteiger partial charge in [-0.1, -0.05) is 19.6 Å². The molecule has 0 aromatic heterocycles. The third kappa shape index (κ3) is 9.62. The first-order valence-electron chi connectivity index (χ1n) is 2.50. The summed E-state index contributed by atoms with van der Waals surface area (Å²) >= 11 is 0. The van der Waals surface area contributed by atoms with E-state index in [9.17, 15) is 0 Å². The molecule has 0 radical (unpaired) electrons. The van der Waals surface area contributed by atoms with Crippen molar-refractivity contribution < 1.29 is 0 Å². The van der Waals surface area contributed by atoms with Crippen molar-refractivity contribution in [3.8, 4) is 11.5 Å². The Morgan fingerprint density at radius 2 is 1.50 bits per heavy atom. The summed E-state index contributed by atoms with van der Waals surface area (Å²) < 4.78 is 0. The number of rotatable bonds is 0. The fraction of sp³-hybridized carbons (Fsp3) is 0.667. The Balaban J connectivity index is 0. The van der Waals surface area contributed by atoms with Crippen LogP contribution in [-0.2, 0) is 0 Å². The molecule has 0 saturated heterocycles. The average Bonchev–Trinajstić information content (AvgIpc) is 1.30. The third-order valence-corrected chi connectivity index (χ3v) is 1.50. The molecule has 0 amide bonds. The van der Waals surface area contributed by atoms with Crippen LogP contribution in [0, 0.1) is 11.5 Å². The van der Waals surface area contributed by atoms with E-state index in [-0.39, 0.29) is 18.9 Å². The maximum absolute atomic E-state index is 3.17. The van der Waals surface area contributed by atoms with Gasteiger partial charge in [0.2, 0.25) is 0 Å². The summed E-state index contributed by atoms with van der Waals surface area (Å²) in [6, 6.07) is 0. The predicted octanol–water partition coefficient (Wildman–Crippen LogP) is 1.24. The van der Waals surface area contributed by atoms with Gasteiger partial charge in [-0.05, 0) is 6.92 Å². The molecular weight excluding hydrogens is 107 g/mol. The zero-order chi connectivity index (χ0) is 5.91. The molecule has 2 heteroatoms. The van der Waals surface area contributed by atoms with Gasteiger partial charge in [-0.2, -0.15) is 0 Å². The topological polar surface area (TPSA) is 0 Å². The fourth-order valence-corrected chi connectivity index (χ4v) is 1.12. The molecule has 0 saturated carbocycles. The average molecular weight is 120 g/mol. The van der Waals surface area contributed by atoms with Crippen molar-refractivity contribution >= 4 is 26.9 Å². The van der Waals surface area contributed by atoms with E-state index in [2.05, 4.69) is 31.1 Å². The van der Waals surface area contributed by atoms with E-state index in [0.29, 0.717) is 0 Å². The first-order chi connectivity index (χ1) is 3.06. The van der Waals surface area contributed by atoms with Gasteiger partial charge in [0.15, 0.2) is 0 Å². The Morgan fingerprint density at radius 3 is 1.50 bits per heavy atom. The van der Waals surface area contributed by atoms with Crippen LogP contribution in [0.5, 0.6) is 0 Å². The molecule has 0 aliphatic rings. The standard InChI is InChI=1S/C6H12Si.Li.H/c1-5-6-7(2,3)4;;/h1-4H3;;. The van der Waals surface area contributed by atoms with E-state index in [0.717, 1.165) is 0 Å². The predicted molar refractivity (Wildman–Crippen MR) is 43.9 cm³/mol. The minimum atomic E-state index is -1.02. The second kappa shape index (κ2) is 4.27. The van der Waals surface area contributed by atoms with Crippen LogP contribution in [0.1, 0.15) is 6.92 Å². The third-order valence-electron chi connectivity index (χ3n) is 0.500. The molecule has 0 rings (SSSR count). The zero-order valence-electron chi connectivity index (χ0n) is 5.50. The summed E-state index contributed by atoms with van der Waals surface area (Å²) in [7, 11) is -1.02. The quantitative estimate of drug-likeness (QED) is 0.333. The monoisotopic (exact) mass is 120 g/mol. The van der Waals surface area contributed by atoms with E-state index in [1.807, 2.05) is 6.92 Å². The van der Waals surface area contributed by atoms with Gasteiger partial charge in [0.05, 0.1) is 0 Å². The Kier molecular flexibility index (Phi) is 5.99. The minimum absolute atomic E-state index is 0. The molecule has 0 spiro atoms. The molecular formula is C6H13LiSi. The van der Waals surface area contributed by atoms with Crippen molar-refractivity contribution in [2.24, 2.45) is 0 Å². The Labute approximate surface area is 65.2 Å². The maximum atomic E-state index is 3.17. The summed E-state index contributed by atoms with van der Waals surface area (Å²) in [6.45, 7) is 8.62. The molecule has 0 aliphatic carbocycles. The molecule has 0 fully saturated rings. The van der Waals surface area contributed by atoms with Crippen LogP contribution in [-0.4, -0.2) is 26.9 Å².